The minimum Gasteiger partial charge on any atom is -0.381 e. The average Bonchev–Trinajstić information content (AvgIpc) is 2.83. The van der Waals surface area contributed by atoms with Crippen molar-refractivity contribution in [3.8, 4) is 0 Å². The number of hydrogen-bond acceptors (Lipinski definition) is 4. The van der Waals surface area contributed by atoms with Crippen molar-refractivity contribution < 1.29 is 19.1 Å². The number of imide groups is 1. The lowest BCUT2D eigenvalue weighted by atomic mass is 10.0. The Labute approximate surface area is 135 Å². The molecule has 3 aliphatic heterocycles. The van der Waals surface area contributed by atoms with E-state index in [1.54, 1.807) is 9.80 Å². The number of hydrogen-bond donors (Lipinski definition) is 1. The SMILES string of the molecule is CN1C(=O)CN(C2CCN(C(=O)NC3CCOCC3)CC2)C1=O. The van der Waals surface area contributed by atoms with Crippen LogP contribution in [0.4, 0.5) is 9.59 Å². The third-order valence-corrected chi connectivity index (χ3v) is 4.95. The molecule has 0 bridgehead atoms. The molecule has 3 saturated heterocycles. The molecule has 5 amide bonds. The second kappa shape index (κ2) is 6.74. The molecule has 3 rings (SSSR count). The first-order valence-electron chi connectivity index (χ1n) is 8.26. The zero-order chi connectivity index (χ0) is 16.4. The number of piperidine rings is 1. The minimum absolute atomic E-state index is 0.0312. The molecule has 0 aromatic carbocycles. The maximum atomic E-state index is 12.3. The normalized spacial score (nSPS) is 24.5. The second-order valence-electron chi connectivity index (χ2n) is 6.42. The quantitative estimate of drug-likeness (QED) is 0.737. The van der Waals surface area contributed by atoms with Crippen LogP contribution in [0.25, 0.3) is 0 Å². The second-order valence-corrected chi connectivity index (χ2v) is 6.42. The lowest BCUT2D eigenvalue weighted by molar-refractivity contribution is -0.124. The lowest BCUT2D eigenvalue weighted by Crippen LogP contribution is -2.52. The van der Waals surface area contributed by atoms with Crippen molar-refractivity contribution in [3.05, 3.63) is 0 Å². The van der Waals surface area contributed by atoms with Crippen molar-refractivity contribution in [1.82, 2.24) is 20.0 Å². The summed E-state index contributed by atoms with van der Waals surface area (Å²) in [7, 11) is 1.52. The van der Waals surface area contributed by atoms with Gasteiger partial charge in [0.1, 0.15) is 6.54 Å². The number of nitrogens with one attached hydrogen (secondary N) is 1. The molecule has 23 heavy (non-hydrogen) atoms. The number of ether oxygens (including phenoxy) is 1. The van der Waals surface area contributed by atoms with Gasteiger partial charge in [-0.05, 0) is 25.7 Å². The number of rotatable bonds is 2. The van der Waals surface area contributed by atoms with Crippen molar-refractivity contribution in [3.63, 3.8) is 0 Å². The summed E-state index contributed by atoms with van der Waals surface area (Å²) in [6, 6.07) is -0.0136. The number of amides is 5. The molecule has 8 nitrogen and oxygen atoms in total. The fourth-order valence-corrected chi connectivity index (χ4v) is 3.39. The van der Waals surface area contributed by atoms with Crippen LogP contribution in [0.2, 0.25) is 0 Å². The maximum Gasteiger partial charge on any atom is 0.327 e. The summed E-state index contributed by atoms with van der Waals surface area (Å²) in [6.07, 6.45) is 3.15. The zero-order valence-electron chi connectivity index (χ0n) is 13.5. The molecular formula is C15H24N4O4. The van der Waals surface area contributed by atoms with Gasteiger partial charge < -0.3 is 19.9 Å². The van der Waals surface area contributed by atoms with Crippen molar-refractivity contribution in [2.75, 3.05) is 39.9 Å². The Morgan fingerprint density at radius 3 is 2.35 bits per heavy atom. The zero-order valence-corrected chi connectivity index (χ0v) is 13.5. The van der Waals surface area contributed by atoms with Crippen LogP contribution in [0.5, 0.6) is 0 Å². The van der Waals surface area contributed by atoms with Gasteiger partial charge in [-0.3, -0.25) is 9.69 Å². The minimum atomic E-state index is -0.222. The lowest BCUT2D eigenvalue weighted by Gasteiger charge is -2.37. The van der Waals surface area contributed by atoms with E-state index < -0.39 is 0 Å². The van der Waals surface area contributed by atoms with Crippen LogP contribution in [0.15, 0.2) is 0 Å². The predicted octanol–water partition coefficient (Wildman–Crippen LogP) is 0.233. The van der Waals surface area contributed by atoms with E-state index in [-0.39, 0.29) is 36.6 Å². The highest BCUT2D eigenvalue weighted by Crippen LogP contribution is 2.21. The van der Waals surface area contributed by atoms with Crippen molar-refractivity contribution in [1.29, 1.82) is 0 Å². The first-order chi connectivity index (χ1) is 11.1. The summed E-state index contributed by atoms with van der Waals surface area (Å²) in [5.74, 6) is -0.158. The van der Waals surface area contributed by atoms with Crippen LogP contribution in [-0.4, -0.2) is 84.6 Å². The van der Waals surface area contributed by atoms with Crippen molar-refractivity contribution >= 4 is 18.0 Å². The van der Waals surface area contributed by atoms with Gasteiger partial charge in [-0.15, -0.1) is 0 Å². The van der Waals surface area contributed by atoms with Gasteiger partial charge in [0.2, 0.25) is 5.91 Å². The van der Waals surface area contributed by atoms with Gasteiger partial charge in [-0.2, -0.15) is 0 Å². The summed E-state index contributed by atoms with van der Waals surface area (Å²) in [5.41, 5.74) is 0. The van der Waals surface area contributed by atoms with Crippen molar-refractivity contribution in [2.45, 2.75) is 37.8 Å². The summed E-state index contributed by atoms with van der Waals surface area (Å²) < 4.78 is 5.29. The number of likely N-dealkylation sites (tertiary alicyclic amines) is 1. The van der Waals surface area contributed by atoms with Gasteiger partial charge in [-0.1, -0.05) is 0 Å². The number of nitrogens with zero attached hydrogens (tertiary/aromatic N) is 3. The Bertz CT molecular complexity index is 484. The molecular weight excluding hydrogens is 300 g/mol. The number of urea groups is 2. The Hall–Kier alpha value is -1.83. The highest BCUT2D eigenvalue weighted by molar-refractivity contribution is 6.01. The van der Waals surface area contributed by atoms with Crippen LogP contribution in [-0.2, 0) is 9.53 Å². The molecule has 0 atom stereocenters. The van der Waals surface area contributed by atoms with E-state index in [4.69, 9.17) is 4.74 Å². The summed E-state index contributed by atoms with van der Waals surface area (Å²) in [5, 5.41) is 3.06. The van der Waals surface area contributed by atoms with E-state index in [1.807, 2.05) is 0 Å². The first-order valence-corrected chi connectivity index (χ1v) is 8.26. The van der Waals surface area contributed by atoms with Crippen LogP contribution in [0, 0.1) is 0 Å². The van der Waals surface area contributed by atoms with Crippen LogP contribution >= 0.6 is 0 Å². The topological polar surface area (TPSA) is 82.2 Å². The Kier molecular flexibility index (Phi) is 4.70. The van der Waals surface area contributed by atoms with Crippen LogP contribution in [0.3, 0.4) is 0 Å². The molecule has 8 heteroatoms. The fourth-order valence-electron chi connectivity index (χ4n) is 3.39. The Balaban J connectivity index is 1.47. The highest BCUT2D eigenvalue weighted by atomic mass is 16.5. The first kappa shape index (κ1) is 16.0. The number of carbonyl (C=O) groups is 3. The molecule has 0 aromatic heterocycles. The Morgan fingerprint density at radius 1 is 1.13 bits per heavy atom. The summed E-state index contributed by atoms with van der Waals surface area (Å²) >= 11 is 0. The Morgan fingerprint density at radius 2 is 1.78 bits per heavy atom. The molecule has 0 aliphatic carbocycles. The van der Waals surface area contributed by atoms with Gasteiger partial charge in [0.25, 0.3) is 0 Å². The smallest absolute Gasteiger partial charge is 0.327 e. The average molecular weight is 324 g/mol. The van der Waals surface area contributed by atoms with Gasteiger partial charge in [0.05, 0.1) is 0 Å². The molecule has 0 saturated carbocycles. The standard InChI is InChI=1S/C15H24N4O4/c1-17-13(20)10-19(15(17)22)12-2-6-18(7-3-12)14(21)16-11-4-8-23-9-5-11/h11-12H,2-10H2,1H3,(H,16,21). The monoisotopic (exact) mass is 324 g/mol. The number of carbonyl (C=O) groups excluding carboxylic acids is 3. The molecule has 0 spiro atoms. The third-order valence-electron chi connectivity index (χ3n) is 4.95. The van der Waals surface area contributed by atoms with E-state index in [1.165, 1.54) is 11.9 Å². The molecule has 0 aromatic rings. The van der Waals surface area contributed by atoms with Crippen LogP contribution < -0.4 is 5.32 Å². The van der Waals surface area contributed by atoms with E-state index in [2.05, 4.69) is 5.32 Å². The van der Waals surface area contributed by atoms with Gasteiger partial charge in [-0.25, -0.2) is 9.59 Å². The molecule has 1 N–H and O–H groups in total. The van der Waals surface area contributed by atoms with Gasteiger partial charge >= 0.3 is 12.1 Å². The molecule has 3 fully saturated rings. The van der Waals surface area contributed by atoms with Crippen molar-refractivity contribution in [2.24, 2.45) is 0 Å². The van der Waals surface area contributed by atoms with E-state index in [0.29, 0.717) is 39.1 Å². The predicted molar refractivity (Wildman–Crippen MR) is 81.8 cm³/mol. The highest BCUT2D eigenvalue weighted by Gasteiger charge is 2.39. The molecule has 3 heterocycles. The van der Waals surface area contributed by atoms with Crippen LogP contribution in [0.1, 0.15) is 25.7 Å². The molecule has 128 valence electrons. The van der Waals surface area contributed by atoms with E-state index in [9.17, 15) is 14.4 Å². The fraction of sp³-hybridized carbons (Fsp3) is 0.800. The van der Waals surface area contributed by atoms with E-state index >= 15 is 0 Å². The summed E-state index contributed by atoms with van der Waals surface area (Å²) in [6.45, 7) is 2.79. The van der Waals surface area contributed by atoms with E-state index in [0.717, 1.165) is 12.8 Å². The third kappa shape index (κ3) is 3.41. The molecule has 0 unspecified atom stereocenters. The largest absolute Gasteiger partial charge is 0.381 e. The molecule has 0 radical (unpaired) electrons. The maximum absolute atomic E-state index is 12.3. The van der Waals surface area contributed by atoms with Gasteiger partial charge in [0.15, 0.2) is 0 Å². The summed E-state index contributed by atoms with van der Waals surface area (Å²) in [4.78, 5) is 40.5. The number of likely N-dealkylation sites (N-methyl/N-ethyl adjacent to an activating group) is 1. The van der Waals surface area contributed by atoms with Gasteiger partial charge in [0, 0.05) is 45.4 Å². The molecule has 3 aliphatic rings.